The SMILES string of the molecule is COc1cc(/C=C/C(=O)OC(C)C(=O)Nc2c(C)cc(C)cc2C)cc(OC)c1OC. The molecule has 0 saturated heterocycles. The zero-order valence-electron chi connectivity index (χ0n) is 19.0. The summed E-state index contributed by atoms with van der Waals surface area (Å²) in [6.45, 7) is 7.37. The smallest absolute Gasteiger partial charge is 0.331 e. The summed E-state index contributed by atoms with van der Waals surface area (Å²) in [5, 5.41) is 2.84. The van der Waals surface area contributed by atoms with Gasteiger partial charge in [0.1, 0.15) is 0 Å². The molecule has 2 aromatic rings. The van der Waals surface area contributed by atoms with Gasteiger partial charge in [0, 0.05) is 11.8 Å². The molecular formula is C24H29NO6. The monoisotopic (exact) mass is 427 g/mol. The lowest BCUT2D eigenvalue weighted by molar-refractivity contribution is -0.148. The second-order valence-electron chi connectivity index (χ2n) is 7.13. The van der Waals surface area contributed by atoms with E-state index in [1.54, 1.807) is 18.2 Å². The molecule has 0 aliphatic carbocycles. The van der Waals surface area contributed by atoms with Crippen LogP contribution in [0.15, 0.2) is 30.3 Å². The summed E-state index contributed by atoms with van der Waals surface area (Å²) in [7, 11) is 4.53. The quantitative estimate of drug-likeness (QED) is 0.502. The van der Waals surface area contributed by atoms with Crippen molar-refractivity contribution in [3.05, 3.63) is 52.6 Å². The van der Waals surface area contributed by atoms with E-state index < -0.39 is 18.0 Å². The molecule has 0 aliphatic heterocycles. The number of ether oxygens (including phenoxy) is 4. The van der Waals surface area contributed by atoms with Crippen molar-refractivity contribution in [3.8, 4) is 17.2 Å². The topological polar surface area (TPSA) is 83.1 Å². The molecule has 0 heterocycles. The molecule has 0 aliphatic rings. The number of benzene rings is 2. The van der Waals surface area contributed by atoms with Crippen molar-refractivity contribution < 1.29 is 28.5 Å². The van der Waals surface area contributed by atoms with Crippen LogP contribution in [0.2, 0.25) is 0 Å². The number of hydrogen-bond acceptors (Lipinski definition) is 6. The molecule has 0 spiro atoms. The molecule has 7 nitrogen and oxygen atoms in total. The third kappa shape index (κ3) is 6.01. The third-order valence-corrected chi connectivity index (χ3v) is 4.69. The number of carbonyl (C=O) groups excluding carboxylic acids is 2. The highest BCUT2D eigenvalue weighted by atomic mass is 16.5. The number of hydrogen-bond donors (Lipinski definition) is 1. The molecule has 0 bridgehead atoms. The molecule has 7 heteroatoms. The fourth-order valence-electron chi connectivity index (χ4n) is 3.23. The van der Waals surface area contributed by atoms with Gasteiger partial charge >= 0.3 is 5.97 Å². The Hall–Kier alpha value is -3.48. The van der Waals surface area contributed by atoms with Crippen molar-refractivity contribution in [3.63, 3.8) is 0 Å². The van der Waals surface area contributed by atoms with Gasteiger partial charge in [0.2, 0.25) is 5.75 Å². The van der Waals surface area contributed by atoms with Crippen molar-refractivity contribution in [1.82, 2.24) is 0 Å². The van der Waals surface area contributed by atoms with E-state index in [1.165, 1.54) is 34.3 Å². The lowest BCUT2D eigenvalue weighted by atomic mass is 10.0. The molecule has 2 aromatic carbocycles. The van der Waals surface area contributed by atoms with Crippen LogP contribution in [0.1, 0.15) is 29.2 Å². The average molecular weight is 427 g/mol. The third-order valence-electron chi connectivity index (χ3n) is 4.69. The molecule has 1 unspecified atom stereocenters. The number of amides is 1. The average Bonchev–Trinajstić information content (AvgIpc) is 2.73. The Bertz CT molecular complexity index is 948. The first-order valence-electron chi connectivity index (χ1n) is 9.77. The predicted octanol–water partition coefficient (Wildman–Crippen LogP) is 4.22. The molecule has 0 fully saturated rings. The van der Waals surface area contributed by atoms with Crippen molar-refractivity contribution >= 4 is 23.6 Å². The minimum atomic E-state index is -0.961. The van der Waals surface area contributed by atoms with Gasteiger partial charge in [-0.05, 0) is 62.6 Å². The van der Waals surface area contributed by atoms with Gasteiger partial charge in [-0.15, -0.1) is 0 Å². The van der Waals surface area contributed by atoms with Crippen LogP contribution < -0.4 is 19.5 Å². The standard InChI is InChI=1S/C24H29NO6/c1-14-10-15(2)22(16(3)11-14)25-24(27)17(4)31-21(26)9-8-18-12-19(28-5)23(30-7)20(13-18)29-6/h8-13,17H,1-7H3,(H,25,27)/b9-8+. The van der Waals surface area contributed by atoms with Crippen molar-refractivity contribution in [2.45, 2.75) is 33.8 Å². The van der Waals surface area contributed by atoms with Crippen molar-refractivity contribution in [1.29, 1.82) is 0 Å². The van der Waals surface area contributed by atoms with Crippen LogP contribution in [0, 0.1) is 20.8 Å². The summed E-state index contributed by atoms with van der Waals surface area (Å²) >= 11 is 0. The Morgan fingerprint density at radius 3 is 1.94 bits per heavy atom. The fraction of sp³-hybridized carbons (Fsp3) is 0.333. The first kappa shape index (κ1) is 23.8. The number of esters is 1. The van der Waals surface area contributed by atoms with Crippen LogP contribution in [0.3, 0.4) is 0 Å². The fourth-order valence-corrected chi connectivity index (χ4v) is 3.23. The Morgan fingerprint density at radius 2 is 1.45 bits per heavy atom. The van der Waals surface area contributed by atoms with Gasteiger partial charge in [-0.2, -0.15) is 0 Å². The number of anilines is 1. The molecule has 0 saturated carbocycles. The van der Waals surface area contributed by atoms with Crippen LogP contribution >= 0.6 is 0 Å². The molecule has 1 N–H and O–H groups in total. The normalized spacial score (nSPS) is 11.7. The lowest BCUT2D eigenvalue weighted by Crippen LogP contribution is -2.30. The predicted molar refractivity (Wildman–Crippen MR) is 120 cm³/mol. The highest BCUT2D eigenvalue weighted by Gasteiger charge is 2.19. The highest BCUT2D eigenvalue weighted by molar-refractivity contribution is 5.97. The van der Waals surface area contributed by atoms with Crippen LogP contribution in [0.5, 0.6) is 17.2 Å². The Kier molecular flexibility index (Phi) is 8.07. The summed E-state index contributed by atoms with van der Waals surface area (Å²) in [6.07, 6.45) is 1.83. The van der Waals surface area contributed by atoms with Crippen molar-refractivity contribution in [2.24, 2.45) is 0 Å². The van der Waals surface area contributed by atoms with E-state index in [2.05, 4.69) is 5.32 Å². The molecule has 166 valence electrons. The van der Waals surface area contributed by atoms with Crippen LogP contribution in [0.4, 0.5) is 5.69 Å². The second kappa shape index (κ2) is 10.5. The Morgan fingerprint density at radius 1 is 0.903 bits per heavy atom. The maximum absolute atomic E-state index is 12.5. The maximum Gasteiger partial charge on any atom is 0.331 e. The zero-order chi connectivity index (χ0) is 23.1. The van der Waals surface area contributed by atoms with Crippen LogP contribution in [-0.4, -0.2) is 39.3 Å². The van der Waals surface area contributed by atoms with E-state index >= 15 is 0 Å². The van der Waals surface area contributed by atoms with Gasteiger partial charge < -0.3 is 24.3 Å². The van der Waals surface area contributed by atoms with Crippen LogP contribution in [0.25, 0.3) is 6.08 Å². The summed E-state index contributed by atoms with van der Waals surface area (Å²) < 4.78 is 21.1. The second-order valence-corrected chi connectivity index (χ2v) is 7.13. The first-order valence-corrected chi connectivity index (χ1v) is 9.77. The van der Waals surface area contributed by atoms with Gasteiger partial charge in [-0.25, -0.2) is 4.79 Å². The number of aryl methyl sites for hydroxylation is 3. The minimum Gasteiger partial charge on any atom is -0.493 e. The van der Waals surface area contributed by atoms with Gasteiger partial charge in [-0.3, -0.25) is 4.79 Å². The van der Waals surface area contributed by atoms with E-state index in [9.17, 15) is 9.59 Å². The molecular weight excluding hydrogens is 398 g/mol. The van der Waals surface area contributed by atoms with Crippen molar-refractivity contribution in [2.75, 3.05) is 26.6 Å². The van der Waals surface area contributed by atoms with E-state index in [-0.39, 0.29) is 0 Å². The zero-order valence-corrected chi connectivity index (χ0v) is 19.0. The molecule has 1 atom stereocenters. The number of rotatable bonds is 8. The summed E-state index contributed by atoms with van der Waals surface area (Å²) in [5.41, 5.74) is 4.39. The molecule has 2 rings (SSSR count). The van der Waals surface area contributed by atoms with Gasteiger partial charge in [0.25, 0.3) is 5.91 Å². The Labute approximate surface area is 183 Å². The summed E-state index contributed by atoms with van der Waals surface area (Å²) in [6, 6.07) is 7.37. The lowest BCUT2D eigenvalue weighted by Gasteiger charge is -2.16. The van der Waals surface area contributed by atoms with Gasteiger partial charge in [0.05, 0.1) is 21.3 Å². The number of methoxy groups -OCH3 is 3. The van der Waals surface area contributed by atoms with E-state index in [1.807, 2.05) is 32.9 Å². The van der Waals surface area contributed by atoms with Gasteiger partial charge in [-0.1, -0.05) is 17.7 Å². The first-order chi connectivity index (χ1) is 14.7. The number of nitrogens with one attached hydrogen (secondary N) is 1. The van der Waals surface area contributed by atoms with Gasteiger partial charge in [0.15, 0.2) is 17.6 Å². The highest BCUT2D eigenvalue weighted by Crippen LogP contribution is 2.38. The largest absolute Gasteiger partial charge is 0.493 e. The molecule has 0 radical (unpaired) electrons. The molecule has 0 aromatic heterocycles. The minimum absolute atomic E-state index is 0.399. The molecule has 31 heavy (non-hydrogen) atoms. The van der Waals surface area contributed by atoms with E-state index in [0.717, 1.165) is 22.4 Å². The summed E-state index contributed by atoms with van der Waals surface area (Å²) in [5.74, 6) is 0.341. The maximum atomic E-state index is 12.5. The number of carbonyl (C=O) groups is 2. The summed E-state index contributed by atoms with van der Waals surface area (Å²) in [4.78, 5) is 24.7. The van der Waals surface area contributed by atoms with Crippen LogP contribution in [-0.2, 0) is 14.3 Å². The molecule has 1 amide bonds. The Balaban J connectivity index is 2.07. The van der Waals surface area contributed by atoms with E-state index in [0.29, 0.717) is 22.8 Å². The van der Waals surface area contributed by atoms with E-state index in [4.69, 9.17) is 18.9 Å².